The van der Waals surface area contributed by atoms with Crippen LogP contribution in [0.1, 0.15) is 12.8 Å². The molecule has 1 fully saturated rings. The van der Waals surface area contributed by atoms with Crippen LogP contribution in [-0.2, 0) is 0 Å². The van der Waals surface area contributed by atoms with Crippen LogP contribution in [0.2, 0.25) is 5.02 Å². The van der Waals surface area contributed by atoms with E-state index >= 15 is 0 Å². The lowest BCUT2D eigenvalue weighted by atomic mass is 10.2. The van der Waals surface area contributed by atoms with Gasteiger partial charge in [-0.25, -0.2) is 4.98 Å². The molecule has 1 aliphatic rings. The minimum Gasteiger partial charge on any atom is -0.436 e. The molecule has 5 heteroatoms. The first-order valence-corrected chi connectivity index (χ1v) is 8.49. The molecule has 2 aromatic carbocycles. The van der Waals surface area contributed by atoms with Gasteiger partial charge >= 0.3 is 0 Å². The Morgan fingerprint density at radius 1 is 1.09 bits per heavy atom. The van der Waals surface area contributed by atoms with Crippen molar-refractivity contribution in [2.45, 2.75) is 12.8 Å². The molecule has 3 nitrogen and oxygen atoms in total. The Morgan fingerprint density at radius 2 is 1.91 bits per heavy atom. The fourth-order valence-electron chi connectivity index (χ4n) is 2.86. The number of oxazole rings is 1. The van der Waals surface area contributed by atoms with Gasteiger partial charge in [-0.15, -0.1) is 0 Å². The normalized spacial score (nSPS) is 14.9. The molecule has 0 unspecified atom stereocenters. The highest BCUT2D eigenvalue weighted by molar-refractivity contribution is 9.10. The first-order chi connectivity index (χ1) is 10.7. The fraction of sp³-hybridized carbons (Fsp3) is 0.235. The summed E-state index contributed by atoms with van der Waals surface area (Å²) in [5.74, 6) is 0.555. The molecule has 0 radical (unpaired) electrons. The van der Waals surface area contributed by atoms with Crippen LogP contribution in [0.3, 0.4) is 0 Å². The third-order valence-electron chi connectivity index (χ3n) is 4.00. The van der Waals surface area contributed by atoms with Crippen LogP contribution in [0.15, 0.2) is 45.3 Å². The lowest BCUT2D eigenvalue weighted by molar-refractivity contribution is 0.620. The van der Waals surface area contributed by atoms with Crippen molar-refractivity contribution in [1.29, 1.82) is 0 Å². The molecule has 0 N–H and O–H groups in total. The summed E-state index contributed by atoms with van der Waals surface area (Å²) in [6, 6.07) is 11.9. The molecule has 4 rings (SSSR count). The van der Waals surface area contributed by atoms with Crippen molar-refractivity contribution in [3.63, 3.8) is 0 Å². The number of benzene rings is 2. The number of anilines is 1. The topological polar surface area (TPSA) is 29.3 Å². The Balaban J connectivity index is 1.78. The Bertz CT molecular complexity index is 840. The van der Waals surface area contributed by atoms with E-state index in [4.69, 9.17) is 16.0 Å². The maximum atomic E-state index is 6.26. The van der Waals surface area contributed by atoms with Gasteiger partial charge in [0.2, 0.25) is 5.89 Å². The summed E-state index contributed by atoms with van der Waals surface area (Å²) in [6.07, 6.45) is 2.52. The number of hydrogen-bond donors (Lipinski definition) is 0. The van der Waals surface area contributed by atoms with Crippen LogP contribution in [0.5, 0.6) is 0 Å². The molecule has 0 atom stereocenters. The fourth-order valence-corrected chi connectivity index (χ4v) is 3.42. The SMILES string of the molecule is Clc1ccc(Br)cc1-c1nc2cc(N3CCCC3)ccc2o1. The van der Waals surface area contributed by atoms with E-state index in [1.54, 1.807) is 0 Å². The summed E-state index contributed by atoms with van der Waals surface area (Å²) in [6.45, 7) is 2.24. The van der Waals surface area contributed by atoms with Gasteiger partial charge in [-0.1, -0.05) is 27.5 Å². The van der Waals surface area contributed by atoms with E-state index < -0.39 is 0 Å². The van der Waals surface area contributed by atoms with Crippen molar-refractivity contribution in [3.05, 3.63) is 45.9 Å². The van der Waals surface area contributed by atoms with E-state index in [-0.39, 0.29) is 0 Å². The second kappa shape index (κ2) is 5.60. The molecule has 1 saturated heterocycles. The molecule has 2 heterocycles. The van der Waals surface area contributed by atoms with Crippen LogP contribution in [0.25, 0.3) is 22.6 Å². The highest BCUT2D eigenvalue weighted by Gasteiger charge is 2.16. The zero-order chi connectivity index (χ0) is 15.1. The predicted molar refractivity (Wildman–Crippen MR) is 93.6 cm³/mol. The van der Waals surface area contributed by atoms with Gasteiger partial charge in [-0.05, 0) is 49.2 Å². The smallest absolute Gasteiger partial charge is 0.228 e. The molecule has 0 saturated carbocycles. The van der Waals surface area contributed by atoms with Crippen LogP contribution >= 0.6 is 27.5 Å². The third-order valence-corrected chi connectivity index (χ3v) is 4.82. The maximum absolute atomic E-state index is 6.26. The van der Waals surface area contributed by atoms with Crippen LogP contribution in [0, 0.1) is 0 Å². The minimum absolute atomic E-state index is 0.555. The highest BCUT2D eigenvalue weighted by Crippen LogP contribution is 2.33. The number of nitrogens with zero attached hydrogens (tertiary/aromatic N) is 2. The summed E-state index contributed by atoms with van der Waals surface area (Å²) in [5.41, 5.74) is 3.67. The van der Waals surface area contributed by atoms with Gasteiger partial charge in [-0.2, -0.15) is 0 Å². The number of aromatic nitrogens is 1. The van der Waals surface area contributed by atoms with Crippen molar-refractivity contribution >= 4 is 44.3 Å². The molecule has 0 amide bonds. The molecular weight excluding hydrogens is 364 g/mol. The van der Waals surface area contributed by atoms with Crippen molar-refractivity contribution in [3.8, 4) is 11.5 Å². The van der Waals surface area contributed by atoms with Crippen LogP contribution < -0.4 is 4.90 Å². The first-order valence-electron chi connectivity index (χ1n) is 7.32. The van der Waals surface area contributed by atoms with Gasteiger partial charge in [0, 0.05) is 23.2 Å². The number of rotatable bonds is 2. The second-order valence-corrected chi connectivity index (χ2v) is 6.81. The Morgan fingerprint density at radius 3 is 2.73 bits per heavy atom. The zero-order valence-corrected chi connectivity index (χ0v) is 14.2. The van der Waals surface area contributed by atoms with E-state index in [2.05, 4.69) is 37.9 Å². The molecule has 0 aliphatic carbocycles. The zero-order valence-electron chi connectivity index (χ0n) is 11.9. The lowest BCUT2D eigenvalue weighted by Gasteiger charge is -2.16. The summed E-state index contributed by atoms with van der Waals surface area (Å²) in [5, 5.41) is 0.634. The Labute approximate surface area is 142 Å². The van der Waals surface area contributed by atoms with Crippen molar-refractivity contribution < 1.29 is 4.42 Å². The molecular formula is C17H14BrClN2O. The molecule has 0 spiro atoms. The third kappa shape index (κ3) is 2.50. The standard InChI is InChI=1S/C17H14BrClN2O/c18-11-3-5-14(19)13(9-11)17-20-15-10-12(4-6-16(15)22-17)21-7-1-2-8-21/h3-6,9-10H,1-2,7-8H2. The average Bonchev–Trinajstić information content (AvgIpc) is 3.17. The van der Waals surface area contributed by atoms with Gasteiger partial charge in [0.15, 0.2) is 5.58 Å². The Hall–Kier alpha value is -1.52. The van der Waals surface area contributed by atoms with Crippen molar-refractivity contribution in [2.24, 2.45) is 0 Å². The summed E-state index contributed by atoms with van der Waals surface area (Å²) >= 11 is 9.72. The van der Waals surface area contributed by atoms with Gasteiger partial charge in [0.1, 0.15) is 5.52 Å². The number of hydrogen-bond acceptors (Lipinski definition) is 3. The second-order valence-electron chi connectivity index (χ2n) is 5.49. The number of halogens is 2. The monoisotopic (exact) mass is 376 g/mol. The number of fused-ring (bicyclic) bond motifs is 1. The van der Waals surface area contributed by atoms with E-state index in [0.717, 1.165) is 34.2 Å². The summed E-state index contributed by atoms with van der Waals surface area (Å²) in [7, 11) is 0. The lowest BCUT2D eigenvalue weighted by Crippen LogP contribution is -2.17. The molecule has 3 aromatic rings. The molecule has 22 heavy (non-hydrogen) atoms. The van der Waals surface area contributed by atoms with E-state index in [1.165, 1.54) is 18.5 Å². The quantitative estimate of drug-likeness (QED) is 0.589. The van der Waals surface area contributed by atoms with Gasteiger partial charge in [0.05, 0.1) is 10.6 Å². The summed E-state index contributed by atoms with van der Waals surface area (Å²) < 4.78 is 6.82. The van der Waals surface area contributed by atoms with Crippen molar-refractivity contribution in [2.75, 3.05) is 18.0 Å². The van der Waals surface area contributed by atoms with Gasteiger partial charge in [-0.3, -0.25) is 0 Å². The van der Waals surface area contributed by atoms with E-state index in [1.807, 2.05) is 24.3 Å². The van der Waals surface area contributed by atoms with Crippen LogP contribution in [0.4, 0.5) is 5.69 Å². The maximum Gasteiger partial charge on any atom is 0.228 e. The molecule has 1 aliphatic heterocycles. The first kappa shape index (κ1) is 14.1. The van der Waals surface area contributed by atoms with Gasteiger partial charge in [0.25, 0.3) is 0 Å². The Kier molecular flexibility index (Phi) is 3.59. The largest absolute Gasteiger partial charge is 0.436 e. The predicted octanol–water partition coefficient (Wildman–Crippen LogP) is 5.51. The minimum atomic E-state index is 0.555. The highest BCUT2D eigenvalue weighted by atomic mass is 79.9. The van der Waals surface area contributed by atoms with E-state index in [0.29, 0.717) is 10.9 Å². The van der Waals surface area contributed by atoms with Gasteiger partial charge < -0.3 is 9.32 Å². The average molecular weight is 378 g/mol. The van der Waals surface area contributed by atoms with Crippen LogP contribution in [-0.4, -0.2) is 18.1 Å². The molecule has 112 valence electrons. The van der Waals surface area contributed by atoms with E-state index in [9.17, 15) is 0 Å². The molecule has 0 bridgehead atoms. The molecule has 1 aromatic heterocycles. The summed E-state index contributed by atoms with van der Waals surface area (Å²) in [4.78, 5) is 7.01. The van der Waals surface area contributed by atoms with Crippen molar-refractivity contribution in [1.82, 2.24) is 4.98 Å².